The van der Waals surface area contributed by atoms with Crippen molar-refractivity contribution in [2.75, 3.05) is 18.5 Å². The number of carbonyl (C=O) groups excluding carboxylic acids is 1. The van der Waals surface area contributed by atoms with Crippen LogP contribution in [0.5, 0.6) is 11.5 Å². The Labute approximate surface area is 150 Å². The molecule has 6 heteroatoms. The van der Waals surface area contributed by atoms with E-state index in [0.29, 0.717) is 24.6 Å². The number of rotatable bonds is 4. The van der Waals surface area contributed by atoms with Crippen LogP contribution in [-0.4, -0.2) is 29.2 Å². The van der Waals surface area contributed by atoms with Crippen LogP contribution in [0.2, 0.25) is 0 Å². The molecule has 4 rings (SSSR count). The van der Waals surface area contributed by atoms with E-state index in [-0.39, 0.29) is 5.78 Å². The van der Waals surface area contributed by atoms with Gasteiger partial charge in [0.15, 0.2) is 23.1 Å². The fraction of sp³-hybridized carbons (Fsp3) is 0.150. The molecule has 0 radical (unpaired) electrons. The van der Waals surface area contributed by atoms with Crippen molar-refractivity contribution >= 4 is 17.3 Å². The van der Waals surface area contributed by atoms with Gasteiger partial charge in [-0.3, -0.25) is 4.79 Å². The van der Waals surface area contributed by atoms with Gasteiger partial charge in [0.05, 0.1) is 5.69 Å². The van der Waals surface area contributed by atoms with Crippen molar-refractivity contribution in [2.45, 2.75) is 6.92 Å². The van der Waals surface area contributed by atoms with Gasteiger partial charge < -0.3 is 14.8 Å². The van der Waals surface area contributed by atoms with Gasteiger partial charge in [-0.25, -0.2) is 0 Å². The van der Waals surface area contributed by atoms with Crippen LogP contribution in [-0.2, 0) is 0 Å². The SMILES string of the molecule is CC(=O)c1ccc(Nc2ccc(-c3ccc4c(c3)OCCO4)nn2)cc1. The number of ketones is 1. The highest BCUT2D eigenvalue weighted by atomic mass is 16.6. The van der Waals surface area contributed by atoms with Gasteiger partial charge in [-0.1, -0.05) is 0 Å². The van der Waals surface area contributed by atoms with Gasteiger partial charge in [0.2, 0.25) is 0 Å². The van der Waals surface area contributed by atoms with Crippen molar-refractivity contribution in [1.82, 2.24) is 10.2 Å². The summed E-state index contributed by atoms with van der Waals surface area (Å²) in [6.45, 7) is 2.66. The number of benzene rings is 2. The van der Waals surface area contributed by atoms with E-state index in [1.165, 1.54) is 0 Å². The number of nitrogens with zero attached hydrogens (tertiary/aromatic N) is 2. The molecule has 0 spiro atoms. The molecule has 1 aliphatic heterocycles. The number of aromatic nitrogens is 2. The van der Waals surface area contributed by atoms with Crippen LogP contribution in [0.4, 0.5) is 11.5 Å². The fourth-order valence-corrected chi connectivity index (χ4v) is 2.69. The van der Waals surface area contributed by atoms with Crippen LogP contribution in [0.15, 0.2) is 54.6 Å². The molecule has 0 bridgehead atoms. The maximum Gasteiger partial charge on any atom is 0.162 e. The minimum atomic E-state index is 0.0418. The van der Waals surface area contributed by atoms with Gasteiger partial charge in [-0.05, 0) is 61.5 Å². The Morgan fingerprint density at radius 2 is 1.69 bits per heavy atom. The molecule has 0 fully saturated rings. The first-order valence-corrected chi connectivity index (χ1v) is 8.31. The molecule has 0 unspecified atom stereocenters. The standard InChI is InChI=1S/C20H17N3O3/c1-13(24)14-2-5-16(6-3-14)21-20-9-7-17(22-23-20)15-4-8-18-19(12-15)26-11-10-25-18/h2-9,12H,10-11H2,1H3,(H,21,23). The summed E-state index contributed by atoms with van der Waals surface area (Å²) < 4.78 is 11.1. The average Bonchev–Trinajstić information content (AvgIpc) is 2.68. The lowest BCUT2D eigenvalue weighted by Crippen LogP contribution is -2.15. The lowest BCUT2D eigenvalue weighted by atomic mass is 10.1. The van der Waals surface area contributed by atoms with E-state index in [1.807, 2.05) is 42.5 Å². The van der Waals surface area contributed by atoms with Crippen LogP contribution < -0.4 is 14.8 Å². The summed E-state index contributed by atoms with van der Waals surface area (Å²) in [7, 11) is 0. The normalized spacial score (nSPS) is 12.5. The summed E-state index contributed by atoms with van der Waals surface area (Å²) in [6.07, 6.45) is 0. The molecule has 1 N–H and O–H groups in total. The molecule has 1 aromatic heterocycles. The number of anilines is 2. The number of hydrogen-bond acceptors (Lipinski definition) is 6. The number of Topliss-reactive ketones (excluding diaryl/α,β-unsaturated/α-hetero) is 1. The lowest BCUT2D eigenvalue weighted by molar-refractivity contribution is 0.101. The van der Waals surface area contributed by atoms with E-state index in [1.54, 1.807) is 19.1 Å². The molecular weight excluding hydrogens is 330 g/mol. The quantitative estimate of drug-likeness (QED) is 0.723. The van der Waals surface area contributed by atoms with Crippen LogP contribution in [0.1, 0.15) is 17.3 Å². The molecule has 1 aliphatic rings. The van der Waals surface area contributed by atoms with E-state index in [2.05, 4.69) is 15.5 Å². The highest BCUT2D eigenvalue weighted by molar-refractivity contribution is 5.94. The van der Waals surface area contributed by atoms with Gasteiger partial charge in [0, 0.05) is 16.8 Å². The van der Waals surface area contributed by atoms with Gasteiger partial charge >= 0.3 is 0 Å². The van der Waals surface area contributed by atoms with Crippen LogP contribution in [0.3, 0.4) is 0 Å². The van der Waals surface area contributed by atoms with Crippen LogP contribution in [0, 0.1) is 0 Å². The second-order valence-corrected chi connectivity index (χ2v) is 5.92. The Kier molecular flexibility index (Phi) is 4.23. The van der Waals surface area contributed by atoms with Crippen molar-refractivity contribution in [3.63, 3.8) is 0 Å². The zero-order valence-corrected chi connectivity index (χ0v) is 14.2. The minimum absolute atomic E-state index is 0.0418. The highest BCUT2D eigenvalue weighted by Crippen LogP contribution is 2.33. The van der Waals surface area contributed by atoms with E-state index in [4.69, 9.17) is 9.47 Å². The maximum absolute atomic E-state index is 11.3. The molecule has 2 heterocycles. The molecule has 0 atom stereocenters. The number of nitrogens with one attached hydrogen (secondary N) is 1. The predicted octanol–water partition coefficient (Wildman–Crippen LogP) is 3.86. The summed E-state index contributed by atoms with van der Waals surface area (Å²) in [5.74, 6) is 2.14. The molecule has 0 saturated heterocycles. The summed E-state index contributed by atoms with van der Waals surface area (Å²) in [4.78, 5) is 11.3. The summed E-state index contributed by atoms with van der Waals surface area (Å²) in [5.41, 5.74) is 3.19. The Balaban J connectivity index is 1.50. The summed E-state index contributed by atoms with van der Waals surface area (Å²) in [5, 5.41) is 11.7. The predicted molar refractivity (Wildman–Crippen MR) is 98.2 cm³/mol. The topological polar surface area (TPSA) is 73.3 Å². The van der Waals surface area contributed by atoms with E-state index >= 15 is 0 Å². The summed E-state index contributed by atoms with van der Waals surface area (Å²) in [6, 6.07) is 16.7. The molecule has 2 aromatic carbocycles. The average molecular weight is 347 g/mol. The van der Waals surface area contributed by atoms with Crippen molar-refractivity contribution in [3.8, 4) is 22.8 Å². The number of carbonyl (C=O) groups is 1. The van der Waals surface area contributed by atoms with E-state index < -0.39 is 0 Å². The van der Waals surface area contributed by atoms with Gasteiger partial charge in [0.25, 0.3) is 0 Å². The zero-order valence-electron chi connectivity index (χ0n) is 14.2. The zero-order chi connectivity index (χ0) is 17.9. The number of fused-ring (bicyclic) bond motifs is 1. The molecule has 0 amide bonds. The molecule has 6 nitrogen and oxygen atoms in total. The van der Waals surface area contributed by atoms with Crippen LogP contribution >= 0.6 is 0 Å². The molecular formula is C20H17N3O3. The molecule has 3 aromatic rings. The van der Waals surface area contributed by atoms with Gasteiger partial charge in [0.1, 0.15) is 13.2 Å². The van der Waals surface area contributed by atoms with Gasteiger partial charge in [-0.2, -0.15) is 0 Å². The van der Waals surface area contributed by atoms with Gasteiger partial charge in [-0.15, -0.1) is 10.2 Å². The molecule has 0 aliphatic carbocycles. The smallest absolute Gasteiger partial charge is 0.162 e. The van der Waals surface area contributed by atoms with Crippen molar-refractivity contribution in [2.24, 2.45) is 0 Å². The van der Waals surface area contributed by atoms with Crippen LogP contribution in [0.25, 0.3) is 11.3 Å². The first kappa shape index (κ1) is 16.1. The monoisotopic (exact) mass is 347 g/mol. The molecule has 26 heavy (non-hydrogen) atoms. The maximum atomic E-state index is 11.3. The van der Waals surface area contributed by atoms with Crippen molar-refractivity contribution < 1.29 is 14.3 Å². The second kappa shape index (κ2) is 6.84. The van der Waals surface area contributed by atoms with Crippen molar-refractivity contribution in [3.05, 3.63) is 60.2 Å². The molecule has 0 saturated carbocycles. The largest absolute Gasteiger partial charge is 0.486 e. The third kappa shape index (κ3) is 3.35. The second-order valence-electron chi connectivity index (χ2n) is 5.92. The first-order valence-electron chi connectivity index (χ1n) is 8.31. The first-order chi connectivity index (χ1) is 12.7. The minimum Gasteiger partial charge on any atom is -0.486 e. The van der Waals surface area contributed by atoms with E-state index in [9.17, 15) is 4.79 Å². The third-order valence-corrected chi connectivity index (χ3v) is 4.07. The fourth-order valence-electron chi connectivity index (χ4n) is 2.69. The highest BCUT2D eigenvalue weighted by Gasteiger charge is 2.13. The Hall–Kier alpha value is -3.41. The lowest BCUT2D eigenvalue weighted by Gasteiger charge is -2.18. The van der Waals surface area contributed by atoms with Crippen molar-refractivity contribution in [1.29, 1.82) is 0 Å². The van der Waals surface area contributed by atoms with E-state index in [0.717, 1.165) is 28.4 Å². The third-order valence-electron chi connectivity index (χ3n) is 4.07. The Bertz CT molecular complexity index is 938. The molecule has 130 valence electrons. The Morgan fingerprint density at radius 3 is 2.38 bits per heavy atom. The summed E-state index contributed by atoms with van der Waals surface area (Å²) >= 11 is 0. The number of hydrogen-bond donors (Lipinski definition) is 1. The Morgan fingerprint density at radius 1 is 0.923 bits per heavy atom. The number of ether oxygens (including phenoxy) is 2.